The van der Waals surface area contributed by atoms with E-state index in [9.17, 15) is 0 Å². The normalized spacial score (nSPS) is 17.3. The van der Waals surface area contributed by atoms with Gasteiger partial charge in [-0.05, 0) is 42.0 Å². The monoisotopic (exact) mass is 487 g/mol. The summed E-state index contributed by atoms with van der Waals surface area (Å²) in [5.74, 6) is 1.24. The van der Waals surface area contributed by atoms with E-state index >= 15 is 0 Å². The zero-order valence-electron chi connectivity index (χ0n) is 20.4. The number of aromatic nitrogens is 2. The van der Waals surface area contributed by atoms with Crippen LogP contribution < -0.4 is 15.8 Å². The Morgan fingerprint density at radius 2 is 1.78 bits per heavy atom. The summed E-state index contributed by atoms with van der Waals surface area (Å²) in [7, 11) is 0. The molecule has 0 spiro atoms. The van der Waals surface area contributed by atoms with E-state index in [0.29, 0.717) is 17.4 Å². The third-order valence-corrected chi connectivity index (χ3v) is 6.37. The van der Waals surface area contributed by atoms with E-state index in [-0.39, 0.29) is 6.10 Å². The number of hydrogen-bond donors (Lipinski definition) is 2. The van der Waals surface area contributed by atoms with Gasteiger partial charge in [0.05, 0.1) is 37.8 Å². The Kier molecular flexibility index (Phi) is 8.07. The predicted molar refractivity (Wildman–Crippen MR) is 142 cm³/mol. The molecule has 0 atom stereocenters. The van der Waals surface area contributed by atoms with Crippen molar-refractivity contribution in [3.63, 3.8) is 0 Å². The minimum absolute atomic E-state index is 0.147. The highest BCUT2D eigenvalue weighted by molar-refractivity contribution is 5.69. The minimum atomic E-state index is 0.147. The van der Waals surface area contributed by atoms with Gasteiger partial charge in [-0.15, -0.1) is 0 Å². The summed E-state index contributed by atoms with van der Waals surface area (Å²) in [6, 6.07) is 15.9. The van der Waals surface area contributed by atoms with Gasteiger partial charge in [0.15, 0.2) is 0 Å². The fourth-order valence-corrected chi connectivity index (χ4v) is 4.30. The van der Waals surface area contributed by atoms with Crippen LogP contribution in [0.5, 0.6) is 5.75 Å². The van der Waals surface area contributed by atoms with Crippen LogP contribution >= 0.6 is 0 Å². The first-order chi connectivity index (χ1) is 17.7. The van der Waals surface area contributed by atoms with Crippen LogP contribution in [0.4, 0.5) is 17.3 Å². The van der Waals surface area contributed by atoms with E-state index in [0.717, 1.165) is 81.4 Å². The zero-order chi connectivity index (χ0) is 24.6. The third kappa shape index (κ3) is 6.60. The number of rotatable bonds is 8. The largest absolute Gasteiger partial charge is 0.488 e. The van der Waals surface area contributed by atoms with Gasteiger partial charge in [-0.3, -0.25) is 4.90 Å². The van der Waals surface area contributed by atoms with Crippen molar-refractivity contribution < 1.29 is 14.2 Å². The van der Waals surface area contributed by atoms with E-state index in [2.05, 4.69) is 44.5 Å². The Labute approximate surface area is 212 Å². The zero-order valence-corrected chi connectivity index (χ0v) is 20.4. The molecule has 188 valence electrons. The maximum absolute atomic E-state index is 6.30. The van der Waals surface area contributed by atoms with Crippen LogP contribution in [0.1, 0.15) is 18.4 Å². The lowest BCUT2D eigenvalue weighted by molar-refractivity contribution is 0.0259. The van der Waals surface area contributed by atoms with E-state index in [1.54, 1.807) is 6.20 Å². The quantitative estimate of drug-likeness (QED) is 0.452. The maximum Gasteiger partial charge on any atom is 0.227 e. The standard InChI is InChI=1S/C28H33N5O3/c29-25-20-22(5-8-27(25)36-24-10-16-34-17-11-24)26-9-12-30-28(32-26)31-23-6-3-21(4-7-23)2-1-13-33-14-18-35-19-15-33/h1-9,12,20,24H,10-11,13-19,29H2,(H,30,31,32)/b2-1+. The fraction of sp³-hybridized carbons (Fsp3) is 0.357. The summed E-state index contributed by atoms with van der Waals surface area (Å²) >= 11 is 0. The Morgan fingerprint density at radius 1 is 1.00 bits per heavy atom. The van der Waals surface area contributed by atoms with Crippen LogP contribution in [0.2, 0.25) is 0 Å². The molecule has 0 aliphatic carbocycles. The lowest BCUT2D eigenvalue weighted by Crippen LogP contribution is -2.36. The molecule has 2 aliphatic rings. The first-order valence-corrected chi connectivity index (χ1v) is 12.5. The predicted octanol–water partition coefficient (Wildman–Crippen LogP) is 4.37. The van der Waals surface area contributed by atoms with Gasteiger partial charge in [0, 0.05) is 49.9 Å². The molecule has 0 unspecified atom stereocenters. The molecule has 2 aliphatic heterocycles. The first-order valence-electron chi connectivity index (χ1n) is 12.5. The van der Waals surface area contributed by atoms with E-state index < -0.39 is 0 Å². The van der Waals surface area contributed by atoms with Gasteiger partial charge < -0.3 is 25.3 Å². The SMILES string of the molecule is Nc1cc(-c2ccnc(Nc3ccc(/C=C/CN4CCOCC4)cc3)n2)ccc1OC1CCOCC1. The molecule has 5 rings (SSSR count). The third-order valence-electron chi connectivity index (χ3n) is 6.37. The highest BCUT2D eigenvalue weighted by Crippen LogP contribution is 2.30. The highest BCUT2D eigenvalue weighted by Gasteiger charge is 2.17. The van der Waals surface area contributed by atoms with Crippen molar-refractivity contribution in [1.82, 2.24) is 14.9 Å². The molecule has 3 heterocycles. The van der Waals surface area contributed by atoms with Crippen LogP contribution in [0.15, 0.2) is 60.8 Å². The summed E-state index contributed by atoms with van der Waals surface area (Å²) < 4.78 is 16.9. The number of benzene rings is 2. The summed E-state index contributed by atoms with van der Waals surface area (Å²) in [6.45, 7) is 6.03. The van der Waals surface area contributed by atoms with Crippen LogP contribution in [-0.2, 0) is 9.47 Å². The topological polar surface area (TPSA) is 94.8 Å². The molecule has 2 fully saturated rings. The minimum Gasteiger partial charge on any atom is -0.488 e. The highest BCUT2D eigenvalue weighted by atomic mass is 16.5. The Morgan fingerprint density at radius 3 is 2.56 bits per heavy atom. The van der Waals surface area contributed by atoms with Crippen molar-refractivity contribution >= 4 is 23.4 Å². The lowest BCUT2D eigenvalue weighted by Gasteiger charge is -2.25. The molecule has 0 bridgehead atoms. The van der Waals surface area contributed by atoms with Crippen molar-refractivity contribution in [2.45, 2.75) is 18.9 Å². The van der Waals surface area contributed by atoms with Gasteiger partial charge in [-0.2, -0.15) is 0 Å². The van der Waals surface area contributed by atoms with Gasteiger partial charge in [0.25, 0.3) is 0 Å². The second kappa shape index (κ2) is 12.0. The van der Waals surface area contributed by atoms with E-state index in [1.165, 1.54) is 0 Å². The molecule has 8 nitrogen and oxygen atoms in total. The fourth-order valence-electron chi connectivity index (χ4n) is 4.30. The Bertz CT molecular complexity index is 1160. The first kappa shape index (κ1) is 24.2. The molecule has 36 heavy (non-hydrogen) atoms. The molecule has 0 saturated carbocycles. The molecule has 3 N–H and O–H groups in total. The van der Waals surface area contributed by atoms with Gasteiger partial charge in [-0.1, -0.05) is 24.3 Å². The second-order valence-electron chi connectivity index (χ2n) is 9.01. The molecule has 0 amide bonds. The average Bonchev–Trinajstić information content (AvgIpc) is 2.92. The van der Waals surface area contributed by atoms with Gasteiger partial charge in [0.2, 0.25) is 5.95 Å². The van der Waals surface area contributed by atoms with Crippen molar-refractivity contribution in [2.24, 2.45) is 0 Å². The van der Waals surface area contributed by atoms with Gasteiger partial charge >= 0.3 is 0 Å². The second-order valence-corrected chi connectivity index (χ2v) is 9.01. The average molecular weight is 488 g/mol. The maximum atomic E-state index is 6.30. The van der Waals surface area contributed by atoms with Crippen LogP contribution in [-0.4, -0.2) is 67.0 Å². The van der Waals surface area contributed by atoms with Crippen LogP contribution in [0, 0.1) is 0 Å². The number of anilines is 3. The number of nitrogens with zero attached hydrogens (tertiary/aromatic N) is 3. The summed E-state index contributed by atoms with van der Waals surface area (Å²) in [5.41, 5.74) is 10.7. The number of nitrogens with two attached hydrogens (primary N) is 1. The Hall–Kier alpha value is -3.46. The summed E-state index contributed by atoms with van der Waals surface area (Å²) in [6.07, 6.45) is 8.01. The van der Waals surface area contributed by atoms with Crippen LogP contribution in [0.3, 0.4) is 0 Å². The van der Waals surface area contributed by atoms with E-state index in [1.807, 2.05) is 36.4 Å². The van der Waals surface area contributed by atoms with Crippen molar-refractivity contribution in [3.8, 4) is 17.0 Å². The molecule has 8 heteroatoms. The van der Waals surface area contributed by atoms with Crippen LogP contribution in [0.25, 0.3) is 17.3 Å². The smallest absolute Gasteiger partial charge is 0.227 e. The summed E-state index contributed by atoms with van der Waals surface area (Å²) in [4.78, 5) is 11.5. The molecule has 2 aromatic carbocycles. The van der Waals surface area contributed by atoms with Crippen molar-refractivity contribution in [1.29, 1.82) is 0 Å². The number of hydrogen-bond acceptors (Lipinski definition) is 8. The number of morpholine rings is 1. The van der Waals surface area contributed by atoms with E-state index in [4.69, 9.17) is 19.9 Å². The molecule has 1 aromatic heterocycles. The number of ether oxygens (including phenoxy) is 3. The van der Waals surface area contributed by atoms with Gasteiger partial charge in [-0.25, -0.2) is 9.97 Å². The van der Waals surface area contributed by atoms with Gasteiger partial charge in [0.1, 0.15) is 11.9 Å². The number of nitrogen functional groups attached to an aromatic ring is 1. The van der Waals surface area contributed by atoms with Crippen molar-refractivity contribution in [2.75, 3.05) is 57.1 Å². The molecular weight excluding hydrogens is 454 g/mol. The molecule has 0 radical (unpaired) electrons. The lowest BCUT2D eigenvalue weighted by atomic mass is 10.1. The Balaban J connectivity index is 1.19. The van der Waals surface area contributed by atoms with Crippen molar-refractivity contribution in [3.05, 3.63) is 66.4 Å². The molecular formula is C28H33N5O3. The molecule has 2 saturated heterocycles. The molecule has 3 aromatic rings. The number of nitrogens with one attached hydrogen (secondary N) is 1. The summed E-state index contributed by atoms with van der Waals surface area (Å²) in [5, 5.41) is 3.29.